The summed E-state index contributed by atoms with van der Waals surface area (Å²) in [5.74, 6) is 0.162. The van der Waals surface area contributed by atoms with Gasteiger partial charge in [-0.3, -0.25) is 0 Å². The van der Waals surface area contributed by atoms with Crippen molar-refractivity contribution in [3.63, 3.8) is 0 Å². The third kappa shape index (κ3) is 2.81. The molecule has 0 heterocycles. The fourth-order valence-corrected chi connectivity index (χ4v) is 1.47. The molecule has 0 amide bonds. The second-order valence-electron chi connectivity index (χ2n) is 3.22. The minimum absolute atomic E-state index is 0.180. The van der Waals surface area contributed by atoms with E-state index in [0.717, 1.165) is 5.56 Å². The summed E-state index contributed by atoms with van der Waals surface area (Å²) in [4.78, 5) is 0. The zero-order valence-corrected chi connectivity index (χ0v) is 9.50. The van der Waals surface area contributed by atoms with Gasteiger partial charge in [-0.25, -0.2) is 4.39 Å². The number of hydrogen-bond acceptors (Lipinski definition) is 3. The molecule has 0 fully saturated rings. The molecule has 0 saturated carbocycles. The number of rotatable bonds is 5. The van der Waals surface area contributed by atoms with Crippen LogP contribution in [-0.2, 0) is 11.3 Å². The summed E-state index contributed by atoms with van der Waals surface area (Å²) in [6, 6.07) is 3.05. The van der Waals surface area contributed by atoms with Crippen LogP contribution >= 0.6 is 0 Å². The zero-order chi connectivity index (χ0) is 12.0. The summed E-state index contributed by atoms with van der Waals surface area (Å²) < 4.78 is 23.7. The van der Waals surface area contributed by atoms with E-state index in [9.17, 15) is 4.39 Å². The largest absolute Gasteiger partial charge is 0.496 e. The Morgan fingerprint density at radius 3 is 2.69 bits per heavy atom. The molecule has 0 radical (unpaired) electrons. The maximum atomic E-state index is 13.5. The van der Waals surface area contributed by atoms with E-state index in [1.165, 1.54) is 20.3 Å². The summed E-state index contributed by atoms with van der Waals surface area (Å²) in [6.45, 7) is 0.611. The van der Waals surface area contributed by atoms with Gasteiger partial charge in [0.25, 0.3) is 0 Å². The molecule has 0 aliphatic rings. The molecule has 16 heavy (non-hydrogen) atoms. The first-order valence-electron chi connectivity index (χ1n) is 4.95. The van der Waals surface area contributed by atoms with Crippen LogP contribution in [0.3, 0.4) is 0 Å². The quantitative estimate of drug-likeness (QED) is 0.833. The SMILES string of the molecule is COCc1c(F)ccc(/C=C/CN)c1OC. The first kappa shape index (κ1) is 12.7. The monoisotopic (exact) mass is 225 g/mol. The molecule has 4 heteroatoms. The Balaban J connectivity index is 3.19. The molecule has 0 spiro atoms. The Labute approximate surface area is 94.7 Å². The molecule has 0 aromatic heterocycles. The average Bonchev–Trinajstić information content (AvgIpc) is 2.30. The number of halogens is 1. The Kier molecular flexibility index (Phi) is 4.95. The van der Waals surface area contributed by atoms with Crippen LogP contribution in [0.2, 0.25) is 0 Å². The summed E-state index contributed by atoms with van der Waals surface area (Å²) >= 11 is 0. The van der Waals surface area contributed by atoms with E-state index in [4.69, 9.17) is 15.2 Å². The lowest BCUT2D eigenvalue weighted by atomic mass is 10.1. The van der Waals surface area contributed by atoms with Crippen LogP contribution in [-0.4, -0.2) is 20.8 Å². The minimum Gasteiger partial charge on any atom is -0.496 e. The van der Waals surface area contributed by atoms with Crippen molar-refractivity contribution in [1.82, 2.24) is 0 Å². The van der Waals surface area contributed by atoms with E-state index < -0.39 is 0 Å². The van der Waals surface area contributed by atoms with Crippen molar-refractivity contribution in [2.45, 2.75) is 6.61 Å². The van der Waals surface area contributed by atoms with Crippen molar-refractivity contribution in [2.75, 3.05) is 20.8 Å². The van der Waals surface area contributed by atoms with Gasteiger partial charge in [0.2, 0.25) is 0 Å². The summed E-state index contributed by atoms with van der Waals surface area (Å²) in [6.07, 6.45) is 3.59. The summed E-state index contributed by atoms with van der Waals surface area (Å²) in [5.41, 5.74) is 6.58. The number of nitrogens with two attached hydrogens (primary N) is 1. The fraction of sp³-hybridized carbons (Fsp3) is 0.333. The standard InChI is InChI=1S/C12H16FNO2/c1-15-8-10-11(13)6-5-9(4-3-7-14)12(10)16-2/h3-6H,7-8,14H2,1-2H3/b4-3+. The molecule has 2 N–H and O–H groups in total. The fourth-order valence-electron chi connectivity index (χ4n) is 1.47. The third-order valence-electron chi connectivity index (χ3n) is 2.16. The first-order chi connectivity index (χ1) is 7.74. The minimum atomic E-state index is -0.330. The van der Waals surface area contributed by atoms with Crippen LogP contribution in [0.1, 0.15) is 11.1 Å². The van der Waals surface area contributed by atoms with E-state index in [2.05, 4.69) is 0 Å². The predicted molar refractivity (Wildman–Crippen MR) is 61.8 cm³/mol. The molecule has 0 aliphatic heterocycles. The van der Waals surface area contributed by atoms with Gasteiger partial charge in [-0.15, -0.1) is 0 Å². The highest BCUT2D eigenvalue weighted by atomic mass is 19.1. The van der Waals surface area contributed by atoms with E-state index in [-0.39, 0.29) is 12.4 Å². The molecular weight excluding hydrogens is 209 g/mol. The molecule has 0 unspecified atom stereocenters. The van der Waals surface area contributed by atoms with Crippen molar-refractivity contribution in [2.24, 2.45) is 5.73 Å². The van der Waals surface area contributed by atoms with E-state index in [1.807, 2.05) is 0 Å². The highest BCUT2D eigenvalue weighted by Gasteiger charge is 2.12. The maximum Gasteiger partial charge on any atom is 0.134 e. The van der Waals surface area contributed by atoms with Gasteiger partial charge in [-0.2, -0.15) is 0 Å². The van der Waals surface area contributed by atoms with Gasteiger partial charge in [0.1, 0.15) is 11.6 Å². The van der Waals surface area contributed by atoms with Gasteiger partial charge < -0.3 is 15.2 Å². The summed E-state index contributed by atoms with van der Waals surface area (Å²) in [5, 5.41) is 0. The van der Waals surface area contributed by atoms with Gasteiger partial charge in [-0.1, -0.05) is 12.2 Å². The average molecular weight is 225 g/mol. The molecule has 0 atom stereocenters. The smallest absolute Gasteiger partial charge is 0.134 e. The molecular formula is C12H16FNO2. The molecule has 0 saturated heterocycles. The summed E-state index contributed by atoms with van der Waals surface area (Å²) in [7, 11) is 3.02. The Bertz CT molecular complexity index is 378. The Morgan fingerprint density at radius 2 is 2.12 bits per heavy atom. The second kappa shape index (κ2) is 6.25. The lowest BCUT2D eigenvalue weighted by Gasteiger charge is -2.11. The number of benzene rings is 1. The van der Waals surface area contributed by atoms with Crippen LogP contribution in [0.5, 0.6) is 5.75 Å². The lowest BCUT2D eigenvalue weighted by molar-refractivity contribution is 0.178. The van der Waals surface area contributed by atoms with E-state index in [1.54, 1.807) is 18.2 Å². The molecule has 0 bridgehead atoms. The lowest BCUT2D eigenvalue weighted by Crippen LogP contribution is -2.00. The molecule has 3 nitrogen and oxygen atoms in total. The normalized spacial score (nSPS) is 11.0. The van der Waals surface area contributed by atoms with Crippen molar-refractivity contribution >= 4 is 6.08 Å². The molecule has 0 aliphatic carbocycles. The topological polar surface area (TPSA) is 44.5 Å². The molecule has 88 valence electrons. The Morgan fingerprint density at radius 1 is 1.38 bits per heavy atom. The molecule has 1 aromatic carbocycles. The predicted octanol–water partition coefficient (Wildman–Crippen LogP) is 1.95. The second-order valence-corrected chi connectivity index (χ2v) is 3.22. The van der Waals surface area contributed by atoms with Crippen LogP contribution in [0, 0.1) is 5.82 Å². The van der Waals surface area contributed by atoms with Gasteiger partial charge >= 0.3 is 0 Å². The van der Waals surface area contributed by atoms with E-state index >= 15 is 0 Å². The van der Waals surface area contributed by atoms with Crippen molar-refractivity contribution in [1.29, 1.82) is 0 Å². The van der Waals surface area contributed by atoms with Gasteiger partial charge in [0, 0.05) is 19.2 Å². The van der Waals surface area contributed by atoms with Crippen LogP contribution in [0.4, 0.5) is 4.39 Å². The van der Waals surface area contributed by atoms with Crippen LogP contribution in [0.25, 0.3) is 6.08 Å². The number of methoxy groups -OCH3 is 2. The highest BCUT2D eigenvalue weighted by Crippen LogP contribution is 2.28. The molecule has 1 rings (SSSR count). The number of hydrogen-bond donors (Lipinski definition) is 1. The Hall–Kier alpha value is -1.39. The third-order valence-corrected chi connectivity index (χ3v) is 2.16. The van der Waals surface area contributed by atoms with E-state index in [0.29, 0.717) is 17.9 Å². The van der Waals surface area contributed by atoms with Crippen LogP contribution < -0.4 is 10.5 Å². The number of ether oxygens (including phenoxy) is 2. The molecule has 1 aromatic rings. The van der Waals surface area contributed by atoms with Crippen LogP contribution in [0.15, 0.2) is 18.2 Å². The van der Waals surface area contributed by atoms with Crippen molar-refractivity contribution in [3.05, 3.63) is 35.2 Å². The van der Waals surface area contributed by atoms with Crippen molar-refractivity contribution in [3.8, 4) is 5.75 Å². The van der Waals surface area contributed by atoms with Crippen molar-refractivity contribution < 1.29 is 13.9 Å². The van der Waals surface area contributed by atoms with Gasteiger partial charge in [-0.05, 0) is 12.1 Å². The van der Waals surface area contributed by atoms with Gasteiger partial charge in [0.05, 0.1) is 19.3 Å². The first-order valence-corrected chi connectivity index (χ1v) is 4.95. The zero-order valence-electron chi connectivity index (χ0n) is 9.50. The maximum absolute atomic E-state index is 13.5. The highest BCUT2D eigenvalue weighted by molar-refractivity contribution is 5.60. The van der Waals surface area contributed by atoms with Gasteiger partial charge in [0.15, 0.2) is 0 Å².